The van der Waals surface area contributed by atoms with Gasteiger partial charge in [0, 0.05) is 115 Å². The highest BCUT2D eigenvalue weighted by Gasteiger charge is 2.51. The van der Waals surface area contributed by atoms with E-state index in [1.54, 1.807) is 50.2 Å². The SMILES string of the molecule is C=C1NC=CC(OC2=NCc3nc(N4CCC5(CC4)Cc4ccccc4[C@H]5N)cnc32)=C1Cl.Cc1nccc(NC2=NCc3nc(N4CCC5(CC4)Cc4ccccc4[C@H]5N)cnc32)c1Cl.Cn1ccc(OC2=NCc3nc(N4CCC5(CC4)Cc4ccccc4[C@H]5N)cnc32)c(Cl)c1=O.N[C@@H]1c2ccccc2CC12CCN(c1nc3c(nc1C(F)F)C(N1CCCc4ncccc41)=NC3)CC2. The second kappa shape index (κ2) is 36.2. The van der Waals surface area contributed by atoms with Crippen LogP contribution in [0.2, 0.25) is 10.0 Å². The molecule has 29 nitrogen and oxygen atoms in total. The largest absolute Gasteiger partial charge is 0.435 e. The van der Waals surface area contributed by atoms with E-state index in [9.17, 15) is 13.6 Å². The number of nitrogens with two attached hydrogens (primary N) is 4. The molecule has 137 heavy (non-hydrogen) atoms. The first-order valence-electron chi connectivity index (χ1n) is 47.2. The number of dihydropyridines is 1. The van der Waals surface area contributed by atoms with E-state index in [0.717, 1.165) is 199 Å². The van der Waals surface area contributed by atoms with Gasteiger partial charge in [0.1, 0.15) is 56.0 Å². The maximum atomic E-state index is 14.4. The van der Waals surface area contributed by atoms with Gasteiger partial charge in [-0.05, 0) is 193 Å². The molecule has 4 aliphatic carbocycles. The van der Waals surface area contributed by atoms with Crippen LogP contribution >= 0.6 is 34.8 Å². The molecule has 11 aromatic rings. The van der Waals surface area contributed by atoms with Crippen LogP contribution in [0.4, 0.5) is 43.4 Å². The average Bonchev–Trinajstić information content (AvgIpc) is 1.64. The predicted octanol–water partition coefficient (Wildman–Crippen LogP) is 15.1. The number of fused-ring (bicyclic) bond motifs is 9. The minimum absolute atomic E-state index is 0.0141. The van der Waals surface area contributed by atoms with Crippen molar-refractivity contribution in [2.45, 2.75) is 154 Å². The summed E-state index contributed by atoms with van der Waals surface area (Å²) in [6.45, 7) is 14.9. The third-order valence-corrected chi connectivity index (χ3v) is 32.0. The predicted molar refractivity (Wildman–Crippen MR) is 528 cm³/mol. The summed E-state index contributed by atoms with van der Waals surface area (Å²) in [5.41, 5.74) is 47.1. The molecule has 4 fully saturated rings. The molecular formula is C103H105Cl3F2N26O3. The molecule has 7 aromatic heterocycles. The van der Waals surface area contributed by atoms with Crippen LogP contribution in [0.3, 0.4) is 0 Å². The number of nitrogens with zero attached hydrogens (tertiary/aromatic N) is 20. The Morgan fingerprint density at radius 1 is 0.496 bits per heavy atom. The number of aryl methyl sites for hydroxylation is 3. The van der Waals surface area contributed by atoms with Crippen LogP contribution in [0.15, 0.2) is 219 Å². The van der Waals surface area contributed by atoms with Gasteiger partial charge < -0.3 is 72.1 Å². The topological polar surface area (TPSA) is 363 Å². The Kier molecular flexibility index (Phi) is 23.6. The summed E-state index contributed by atoms with van der Waals surface area (Å²) in [6, 6.07) is 41.9. The zero-order valence-corrected chi connectivity index (χ0v) is 78.5. The molecule has 0 amide bonds. The summed E-state index contributed by atoms with van der Waals surface area (Å²) >= 11 is 18.8. The lowest BCUT2D eigenvalue weighted by Crippen LogP contribution is -2.45. The monoisotopic (exact) mass is 1900 g/mol. The van der Waals surface area contributed by atoms with Crippen molar-refractivity contribution in [2.75, 3.05) is 88.7 Å². The van der Waals surface area contributed by atoms with E-state index in [1.807, 2.05) is 48.5 Å². The summed E-state index contributed by atoms with van der Waals surface area (Å²) < 4.78 is 41.9. The highest BCUT2D eigenvalue weighted by molar-refractivity contribution is 6.34. The lowest BCUT2D eigenvalue weighted by molar-refractivity contribution is 0.144. The minimum Gasteiger partial charge on any atom is -0.435 e. The van der Waals surface area contributed by atoms with Crippen molar-refractivity contribution >= 4 is 92.9 Å². The second-order valence-electron chi connectivity index (χ2n) is 38.3. The van der Waals surface area contributed by atoms with Gasteiger partial charge in [-0.15, -0.1) is 0 Å². The number of allylic oxidation sites excluding steroid dienone is 2. The number of ether oxygens (including phenoxy) is 2. The lowest BCUT2D eigenvalue weighted by atomic mass is 9.73. The van der Waals surface area contributed by atoms with Crippen LogP contribution in [0.5, 0.6) is 5.75 Å². The Morgan fingerprint density at radius 2 is 0.956 bits per heavy atom. The summed E-state index contributed by atoms with van der Waals surface area (Å²) in [4.78, 5) is 87.9. The van der Waals surface area contributed by atoms with Crippen molar-refractivity contribution in [3.63, 3.8) is 0 Å². The number of aliphatic imine (C=N–C) groups is 4. The highest BCUT2D eigenvalue weighted by Crippen LogP contribution is 2.56. The van der Waals surface area contributed by atoms with Crippen molar-refractivity contribution in [3.8, 4) is 5.75 Å². The first-order chi connectivity index (χ1) is 66.6. The minimum atomic E-state index is -2.72. The molecule has 10 aliphatic heterocycles. The lowest BCUT2D eigenvalue weighted by Gasteiger charge is -2.43. The van der Waals surface area contributed by atoms with Crippen molar-refractivity contribution in [1.29, 1.82) is 0 Å². The van der Waals surface area contributed by atoms with Gasteiger partial charge in [-0.1, -0.05) is 138 Å². The Balaban J connectivity index is 0.000000106. The Bertz CT molecular complexity index is 6910. The molecular weight excluding hydrogens is 1790 g/mol. The molecule has 14 aliphatic rings. The first-order valence-corrected chi connectivity index (χ1v) is 48.3. The van der Waals surface area contributed by atoms with Crippen LogP contribution in [-0.4, -0.2) is 137 Å². The fourth-order valence-electron chi connectivity index (χ4n) is 22.9. The third-order valence-electron chi connectivity index (χ3n) is 30.8. The van der Waals surface area contributed by atoms with Crippen molar-refractivity contribution < 1.29 is 18.3 Å². The molecule has 4 spiro atoms. The summed E-state index contributed by atoms with van der Waals surface area (Å²) in [5.74, 6) is 5.79. The molecule has 4 atom stereocenters. The van der Waals surface area contributed by atoms with Crippen LogP contribution < -0.4 is 68.4 Å². The van der Waals surface area contributed by atoms with Crippen molar-refractivity contribution in [2.24, 2.45) is 71.6 Å². The third kappa shape index (κ3) is 16.4. The van der Waals surface area contributed by atoms with Gasteiger partial charge in [0.05, 0.1) is 101 Å². The van der Waals surface area contributed by atoms with E-state index in [-0.39, 0.29) is 67.9 Å². The Morgan fingerprint density at radius 3 is 1.46 bits per heavy atom. The maximum Gasteiger partial charge on any atom is 0.284 e. The molecule has 0 bridgehead atoms. The zero-order valence-electron chi connectivity index (χ0n) is 76.2. The summed E-state index contributed by atoms with van der Waals surface area (Å²) in [5, 5.41) is 7.28. The molecule has 34 heteroatoms. The van der Waals surface area contributed by atoms with Gasteiger partial charge in [0.15, 0.2) is 29.0 Å². The van der Waals surface area contributed by atoms with Gasteiger partial charge in [-0.3, -0.25) is 24.7 Å². The standard InChI is InChI=1S/C28H29F2N7.C25H26ClN7.C25H25ClN6O2.C25H25ClN6O/c29-25(30)23-27(36-13-9-28(10-14-36)15-17-5-1-2-6-18(17)24(28)31)34-20-16-33-26(22(20)35-23)37-12-4-7-19-21(37)8-3-11-32-19;1-15-21(26)18(6-9-28-15)32-24-22-19(13-30-24)31-20(14-29-22)33-10-7-25(8-11-33)12-16-4-2-3-5-17(16)23(25)27;1-31-9-6-18(20(26)24(31)33)34-23-21-17(13-29-23)30-19(14-28-21)32-10-7-25(8-11-32)12-15-4-2-3-5-16(15)22(25)27;1-15-21(26)19(6-9-28-15)33-24-22-18(13-30-24)31-20(14-29-22)32-10-7-25(8-11-32)12-16-4-2-3-5-17(16)23(25)27/h1-3,5-6,8,11,24-25H,4,7,9-10,12-16,31H2;2-6,9,14,23H,7-8,10-13,27H2,1H3,(H,28,30,32);2-6,9,14,22H,7-8,10-13,27H2,1H3;2-6,9,14,23,28H,1,7-8,10-13,27H2/t24-;23-;22-;23-/m1111/s1. The van der Waals surface area contributed by atoms with Crippen LogP contribution in [0.25, 0.3) is 0 Å². The van der Waals surface area contributed by atoms with Gasteiger partial charge in [0.25, 0.3) is 12.0 Å². The molecule has 25 rings (SSSR count). The second-order valence-corrected chi connectivity index (χ2v) is 39.4. The number of anilines is 6. The zero-order chi connectivity index (χ0) is 93.8. The molecule has 0 radical (unpaired) electrons. The number of pyridine rings is 3. The molecule has 700 valence electrons. The van der Waals surface area contributed by atoms with Gasteiger partial charge >= 0.3 is 0 Å². The maximum absolute atomic E-state index is 14.4. The number of hydrogen-bond acceptors (Lipinski definition) is 28. The number of amidine groups is 2. The highest BCUT2D eigenvalue weighted by atomic mass is 35.5. The number of halogens is 5. The van der Waals surface area contributed by atoms with Gasteiger partial charge in [0.2, 0.25) is 11.8 Å². The van der Waals surface area contributed by atoms with Crippen molar-refractivity contribution in [3.05, 3.63) is 321 Å². The number of rotatable bonds is 8. The van der Waals surface area contributed by atoms with E-state index in [2.05, 4.69) is 168 Å². The Labute approximate surface area is 806 Å². The molecule has 0 saturated carbocycles. The van der Waals surface area contributed by atoms with E-state index >= 15 is 0 Å². The number of nitrogens with one attached hydrogen (secondary N) is 2. The Hall–Kier alpha value is -12.9. The summed E-state index contributed by atoms with van der Waals surface area (Å²) in [6.07, 6.45) is 25.2. The molecule has 0 unspecified atom stereocenters. The quantitative estimate of drug-likeness (QED) is 0.0823. The van der Waals surface area contributed by atoms with Gasteiger partial charge in [-0.2, -0.15) is 0 Å². The molecule has 17 heterocycles. The molecule has 4 aromatic carbocycles. The van der Waals surface area contributed by atoms with Gasteiger partial charge in [-0.25, -0.2) is 58.6 Å². The number of aromatic nitrogens is 11. The van der Waals surface area contributed by atoms with Crippen LogP contribution in [0, 0.1) is 28.6 Å². The molecule has 10 N–H and O–H groups in total. The fraction of sp³-hybridized carbons (Fsp3) is 0.369. The van der Waals surface area contributed by atoms with E-state index in [0.29, 0.717) is 113 Å². The normalized spacial score (nSPS) is 21.3. The number of hydrogen-bond donors (Lipinski definition) is 6. The summed E-state index contributed by atoms with van der Waals surface area (Å²) in [7, 11) is 1.63. The fourth-order valence-corrected chi connectivity index (χ4v) is 23.4. The smallest absolute Gasteiger partial charge is 0.284 e. The molecule has 4 saturated heterocycles. The van der Waals surface area contributed by atoms with E-state index in [4.69, 9.17) is 97.1 Å². The number of benzene rings is 4. The van der Waals surface area contributed by atoms with E-state index in [1.165, 1.54) is 49.1 Å². The van der Waals surface area contributed by atoms with E-state index < -0.39 is 6.43 Å². The number of alkyl halides is 2. The van der Waals surface area contributed by atoms with Crippen LogP contribution in [-0.2, 0) is 70.1 Å². The van der Waals surface area contributed by atoms with Crippen LogP contribution in [0.1, 0.15) is 196 Å². The average molecular weight is 1900 g/mol. The number of piperidine rings is 4. The van der Waals surface area contributed by atoms with Crippen molar-refractivity contribution in [1.82, 2.24) is 59.7 Å². The first kappa shape index (κ1) is 89.3.